The molecule has 4 N–H and O–H groups in total. The molecule has 1 saturated heterocycles. The normalized spacial score (nSPS) is 22.3. The quantitative estimate of drug-likeness (QED) is 0.510. The molecular formula is C24H29N3O6. The second kappa shape index (κ2) is 10.5. The highest BCUT2D eigenvalue weighted by Gasteiger charge is 2.33. The van der Waals surface area contributed by atoms with Gasteiger partial charge < -0.3 is 35.3 Å². The predicted molar refractivity (Wildman–Crippen MR) is 121 cm³/mol. The number of aliphatic hydroxyl groups is 1. The minimum Gasteiger partial charge on any atom is -0.454 e. The Balaban J connectivity index is 1.25. The third-order valence-corrected chi connectivity index (χ3v) is 5.83. The van der Waals surface area contributed by atoms with Crippen LogP contribution in [0.25, 0.3) is 0 Å². The Kier molecular flexibility index (Phi) is 7.31. The monoisotopic (exact) mass is 455 g/mol. The number of benzene rings is 2. The number of carbonyl (C=O) groups excluding carboxylic acids is 2. The van der Waals surface area contributed by atoms with Crippen LogP contribution in [0.2, 0.25) is 0 Å². The molecule has 2 aromatic rings. The average molecular weight is 456 g/mol. The molecule has 4 rings (SSSR count). The third-order valence-electron chi connectivity index (χ3n) is 5.83. The summed E-state index contributed by atoms with van der Waals surface area (Å²) in [7, 11) is 0. The van der Waals surface area contributed by atoms with Crippen molar-refractivity contribution in [2.24, 2.45) is 0 Å². The fraction of sp³-hybridized carbons (Fsp3) is 0.417. The van der Waals surface area contributed by atoms with Crippen molar-refractivity contribution in [3.05, 3.63) is 54.1 Å². The smallest absolute Gasteiger partial charge is 0.319 e. The number of carbonyl (C=O) groups is 2. The van der Waals surface area contributed by atoms with E-state index in [1.165, 1.54) is 0 Å². The maximum atomic E-state index is 12.5. The average Bonchev–Trinajstić information content (AvgIpc) is 3.28. The van der Waals surface area contributed by atoms with Crippen molar-refractivity contribution in [1.29, 1.82) is 0 Å². The number of aliphatic hydroxyl groups excluding tert-OH is 1. The van der Waals surface area contributed by atoms with Crippen molar-refractivity contribution in [3.63, 3.8) is 0 Å². The number of anilines is 1. The summed E-state index contributed by atoms with van der Waals surface area (Å²) in [5.74, 6) is 1.10. The number of urea groups is 1. The van der Waals surface area contributed by atoms with Gasteiger partial charge in [0, 0.05) is 11.8 Å². The van der Waals surface area contributed by atoms with Crippen LogP contribution in [0, 0.1) is 0 Å². The van der Waals surface area contributed by atoms with E-state index in [9.17, 15) is 14.7 Å². The molecule has 0 radical (unpaired) electrons. The molecule has 33 heavy (non-hydrogen) atoms. The molecule has 2 heterocycles. The van der Waals surface area contributed by atoms with Crippen LogP contribution in [-0.4, -0.2) is 48.7 Å². The van der Waals surface area contributed by atoms with E-state index in [4.69, 9.17) is 14.2 Å². The fourth-order valence-electron chi connectivity index (χ4n) is 4.09. The van der Waals surface area contributed by atoms with Crippen LogP contribution < -0.4 is 25.4 Å². The van der Waals surface area contributed by atoms with Gasteiger partial charge in [0.2, 0.25) is 12.7 Å². The van der Waals surface area contributed by atoms with Gasteiger partial charge in [-0.15, -0.1) is 0 Å². The van der Waals surface area contributed by atoms with Crippen LogP contribution in [-0.2, 0) is 9.53 Å². The third kappa shape index (κ3) is 5.94. The Bertz CT molecular complexity index is 970. The Morgan fingerprint density at radius 1 is 1.09 bits per heavy atom. The summed E-state index contributed by atoms with van der Waals surface area (Å²) < 4.78 is 16.5. The van der Waals surface area contributed by atoms with E-state index in [0.717, 1.165) is 5.56 Å². The van der Waals surface area contributed by atoms with Gasteiger partial charge in [-0.1, -0.05) is 30.3 Å². The van der Waals surface area contributed by atoms with Crippen LogP contribution in [0.15, 0.2) is 48.5 Å². The van der Waals surface area contributed by atoms with Gasteiger partial charge in [0.05, 0.1) is 31.2 Å². The summed E-state index contributed by atoms with van der Waals surface area (Å²) in [6.07, 6.45) is 0.472. The Morgan fingerprint density at radius 2 is 1.88 bits per heavy atom. The summed E-state index contributed by atoms with van der Waals surface area (Å²) in [6.45, 7) is 1.84. The number of hydrogen-bond acceptors (Lipinski definition) is 6. The van der Waals surface area contributed by atoms with Gasteiger partial charge in [0.1, 0.15) is 6.10 Å². The Labute approximate surface area is 192 Å². The molecule has 0 unspecified atom stereocenters. The lowest BCUT2D eigenvalue weighted by atomic mass is 9.97. The summed E-state index contributed by atoms with van der Waals surface area (Å²) in [6, 6.07) is 14.0. The first-order valence-electron chi connectivity index (χ1n) is 11.1. The Morgan fingerprint density at radius 3 is 2.67 bits per heavy atom. The van der Waals surface area contributed by atoms with E-state index >= 15 is 0 Å². The van der Waals surface area contributed by atoms with Gasteiger partial charge in [-0.2, -0.15) is 0 Å². The maximum absolute atomic E-state index is 12.5. The lowest BCUT2D eigenvalue weighted by Gasteiger charge is -2.36. The lowest BCUT2D eigenvalue weighted by molar-refractivity contribution is -0.131. The molecule has 9 heteroatoms. The van der Waals surface area contributed by atoms with Gasteiger partial charge in [-0.25, -0.2) is 4.79 Å². The number of fused-ring (bicyclic) bond motifs is 1. The standard InChI is InChI=1S/C24H29N3O6/c1-15(16-5-3-2-4-6-16)25-23(29)12-18-8-9-19(22(13-28)33-18)27-24(30)26-17-7-10-20-21(11-17)32-14-31-20/h2-7,10-11,15,18-19,22,28H,8-9,12-14H2,1H3,(H,25,29)(H2,26,27,30)/t15-,18+,19-,22+/m1/s1. The van der Waals surface area contributed by atoms with Crippen molar-refractivity contribution < 1.29 is 28.9 Å². The zero-order chi connectivity index (χ0) is 23.2. The van der Waals surface area contributed by atoms with Gasteiger partial charge in [0.15, 0.2) is 11.5 Å². The molecule has 0 aliphatic carbocycles. The lowest BCUT2D eigenvalue weighted by Crippen LogP contribution is -2.52. The van der Waals surface area contributed by atoms with Crippen molar-refractivity contribution in [1.82, 2.24) is 10.6 Å². The second-order valence-electron chi connectivity index (χ2n) is 8.23. The molecule has 9 nitrogen and oxygen atoms in total. The molecule has 176 valence electrons. The molecule has 0 spiro atoms. The number of ether oxygens (including phenoxy) is 3. The first kappa shape index (κ1) is 22.9. The summed E-state index contributed by atoms with van der Waals surface area (Å²) >= 11 is 0. The van der Waals surface area contributed by atoms with E-state index < -0.39 is 12.1 Å². The highest BCUT2D eigenvalue weighted by molar-refractivity contribution is 5.90. The molecule has 4 atom stereocenters. The number of rotatable bonds is 7. The largest absolute Gasteiger partial charge is 0.454 e. The van der Waals surface area contributed by atoms with Gasteiger partial charge in [-0.05, 0) is 37.5 Å². The molecule has 2 aliphatic heterocycles. The Hall–Kier alpha value is -3.30. The van der Waals surface area contributed by atoms with E-state index in [1.807, 2.05) is 37.3 Å². The molecule has 2 aliphatic rings. The highest BCUT2D eigenvalue weighted by Crippen LogP contribution is 2.34. The van der Waals surface area contributed by atoms with Gasteiger partial charge in [0.25, 0.3) is 0 Å². The summed E-state index contributed by atoms with van der Waals surface area (Å²) in [5.41, 5.74) is 1.59. The molecule has 1 fully saturated rings. The van der Waals surface area contributed by atoms with Crippen LogP contribution in [0.1, 0.15) is 37.8 Å². The van der Waals surface area contributed by atoms with E-state index in [-0.39, 0.29) is 43.9 Å². The minimum absolute atomic E-state index is 0.106. The predicted octanol–water partition coefficient (Wildman–Crippen LogP) is 2.71. The molecule has 2 aromatic carbocycles. The van der Waals surface area contributed by atoms with Crippen molar-refractivity contribution in [2.75, 3.05) is 18.7 Å². The maximum Gasteiger partial charge on any atom is 0.319 e. The van der Waals surface area contributed by atoms with Gasteiger partial charge in [-0.3, -0.25) is 4.79 Å². The van der Waals surface area contributed by atoms with Crippen LogP contribution in [0.3, 0.4) is 0 Å². The van der Waals surface area contributed by atoms with Crippen LogP contribution >= 0.6 is 0 Å². The first-order chi connectivity index (χ1) is 16.0. The molecule has 0 aromatic heterocycles. The molecular weight excluding hydrogens is 426 g/mol. The second-order valence-corrected chi connectivity index (χ2v) is 8.23. The minimum atomic E-state index is -0.592. The SMILES string of the molecule is C[C@@H](NC(=O)C[C@@H]1CC[C@@H](NC(=O)Nc2ccc3c(c2)OCO3)[C@H](CO)O1)c1ccccc1. The topological polar surface area (TPSA) is 118 Å². The summed E-state index contributed by atoms with van der Waals surface area (Å²) in [5, 5.41) is 18.4. The fourth-order valence-corrected chi connectivity index (χ4v) is 4.09. The number of hydrogen-bond donors (Lipinski definition) is 4. The van der Waals surface area contributed by atoms with Crippen molar-refractivity contribution in [3.8, 4) is 11.5 Å². The van der Waals surface area contributed by atoms with Crippen molar-refractivity contribution in [2.45, 2.75) is 50.5 Å². The molecule has 0 saturated carbocycles. The zero-order valence-electron chi connectivity index (χ0n) is 18.5. The summed E-state index contributed by atoms with van der Waals surface area (Å²) in [4.78, 5) is 24.9. The van der Waals surface area contributed by atoms with Crippen molar-refractivity contribution >= 4 is 17.6 Å². The highest BCUT2D eigenvalue weighted by atomic mass is 16.7. The van der Waals surface area contributed by atoms with E-state index in [0.29, 0.717) is 30.0 Å². The van der Waals surface area contributed by atoms with Gasteiger partial charge >= 0.3 is 6.03 Å². The zero-order valence-corrected chi connectivity index (χ0v) is 18.5. The van der Waals surface area contributed by atoms with Crippen LogP contribution in [0.5, 0.6) is 11.5 Å². The van der Waals surface area contributed by atoms with E-state index in [2.05, 4.69) is 16.0 Å². The molecule has 3 amide bonds. The van der Waals surface area contributed by atoms with E-state index in [1.54, 1.807) is 18.2 Å². The molecule has 0 bridgehead atoms. The number of nitrogens with one attached hydrogen (secondary N) is 3. The van der Waals surface area contributed by atoms with Crippen LogP contribution in [0.4, 0.5) is 10.5 Å². The number of amides is 3. The first-order valence-corrected chi connectivity index (χ1v) is 11.1.